The normalized spacial score (nSPS) is 11.6. The lowest BCUT2D eigenvalue weighted by Gasteiger charge is -2.15. The van der Waals surface area contributed by atoms with Crippen molar-refractivity contribution in [2.75, 3.05) is 11.9 Å². The van der Waals surface area contributed by atoms with Gasteiger partial charge in [0, 0.05) is 29.2 Å². The SMILES string of the molecule is CC[C@@H](C)c1ccccc1NC(=O)CCNC(=O)c1ccc(Cl)cc1. The number of amides is 2. The highest BCUT2D eigenvalue weighted by atomic mass is 35.5. The third-order valence-corrected chi connectivity index (χ3v) is 4.37. The molecule has 5 heteroatoms. The molecule has 0 aliphatic carbocycles. The molecule has 4 nitrogen and oxygen atoms in total. The van der Waals surface area contributed by atoms with Crippen molar-refractivity contribution in [1.29, 1.82) is 0 Å². The van der Waals surface area contributed by atoms with E-state index in [1.807, 2.05) is 24.3 Å². The van der Waals surface area contributed by atoms with Gasteiger partial charge in [0.05, 0.1) is 0 Å². The van der Waals surface area contributed by atoms with Gasteiger partial charge in [0.15, 0.2) is 0 Å². The first-order valence-electron chi connectivity index (χ1n) is 8.43. The molecule has 0 aliphatic heterocycles. The minimum Gasteiger partial charge on any atom is -0.352 e. The Labute approximate surface area is 153 Å². The van der Waals surface area contributed by atoms with Gasteiger partial charge in [0.1, 0.15) is 0 Å². The van der Waals surface area contributed by atoms with Crippen molar-refractivity contribution in [1.82, 2.24) is 5.32 Å². The van der Waals surface area contributed by atoms with Gasteiger partial charge in [-0.05, 0) is 48.2 Å². The monoisotopic (exact) mass is 358 g/mol. The molecule has 0 bridgehead atoms. The van der Waals surface area contributed by atoms with E-state index in [2.05, 4.69) is 24.5 Å². The van der Waals surface area contributed by atoms with Gasteiger partial charge in [-0.2, -0.15) is 0 Å². The summed E-state index contributed by atoms with van der Waals surface area (Å²) in [5.74, 6) is 0.0396. The van der Waals surface area contributed by atoms with Crippen molar-refractivity contribution in [3.05, 3.63) is 64.7 Å². The molecule has 0 aliphatic rings. The highest BCUT2D eigenvalue weighted by molar-refractivity contribution is 6.30. The molecule has 2 aromatic rings. The fraction of sp³-hybridized carbons (Fsp3) is 0.300. The van der Waals surface area contributed by atoms with Crippen LogP contribution in [0.25, 0.3) is 0 Å². The molecule has 0 heterocycles. The van der Waals surface area contributed by atoms with Crippen LogP contribution in [0.15, 0.2) is 48.5 Å². The third-order valence-electron chi connectivity index (χ3n) is 4.12. The van der Waals surface area contributed by atoms with Gasteiger partial charge in [-0.25, -0.2) is 0 Å². The summed E-state index contributed by atoms with van der Waals surface area (Å²) in [5.41, 5.74) is 2.49. The number of hydrogen-bond acceptors (Lipinski definition) is 2. The van der Waals surface area contributed by atoms with Gasteiger partial charge in [0.2, 0.25) is 5.91 Å². The Balaban J connectivity index is 1.85. The quantitative estimate of drug-likeness (QED) is 0.759. The summed E-state index contributed by atoms with van der Waals surface area (Å²) >= 11 is 5.80. The van der Waals surface area contributed by atoms with Crippen LogP contribution in [0.1, 0.15) is 48.5 Å². The summed E-state index contributed by atoms with van der Waals surface area (Å²) in [4.78, 5) is 24.2. The molecule has 132 valence electrons. The maximum Gasteiger partial charge on any atom is 0.251 e. The minimum atomic E-state index is -0.218. The molecule has 25 heavy (non-hydrogen) atoms. The van der Waals surface area contributed by atoms with Crippen molar-refractivity contribution in [2.45, 2.75) is 32.6 Å². The molecule has 0 aromatic heterocycles. The summed E-state index contributed by atoms with van der Waals surface area (Å²) in [7, 11) is 0. The first-order chi connectivity index (χ1) is 12.0. The molecule has 0 unspecified atom stereocenters. The Morgan fingerprint density at radius 1 is 1.08 bits per heavy atom. The molecule has 0 fully saturated rings. The number of carbonyl (C=O) groups is 2. The second-order valence-electron chi connectivity index (χ2n) is 5.96. The molecule has 2 amide bonds. The first kappa shape index (κ1) is 19.0. The van der Waals surface area contributed by atoms with E-state index in [4.69, 9.17) is 11.6 Å². The van der Waals surface area contributed by atoms with E-state index in [-0.39, 0.29) is 24.8 Å². The molecule has 2 rings (SSSR count). The number of anilines is 1. The van der Waals surface area contributed by atoms with Crippen LogP contribution >= 0.6 is 11.6 Å². The fourth-order valence-corrected chi connectivity index (χ4v) is 2.59. The number of nitrogens with one attached hydrogen (secondary N) is 2. The number of para-hydroxylation sites is 1. The van der Waals surface area contributed by atoms with Crippen LogP contribution < -0.4 is 10.6 Å². The van der Waals surface area contributed by atoms with E-state index in [1.54, 1.807) is 24.3 Å². The number of halogens is 1. The molecule has 2 aromatic carbocycles. The number of rotatable bonds is 7. The summed E-state index contributed by atoms with van der Waals surface area (Å²) in [6, 6.07) is 14.5. The van der Waals surface area contributed by atoms with Crippen molar-refractivity contribution in [2.24, 2.45) is 0 Å². The van der Waals surface area contributed by atoms with E-state index in [9.17, 15) is 9.59 Å². The second-order valence-corrected chi connectivity index (χ2v) is 6.39. The van der Waals surface area contributed by atoms with E-state index in [0.29, 0.717) is 16.5 Å². The van der Waals surface area contributed by atoms with Crippen LogP contribution in [0.4, 0.5) is 5.69 Å². The summed E-state index contributed by atoms with van der Waals surface area (Å²) < 4.78 is 0. The molecule has 0 radical (unpaired) electrons. The lowest BCUT2D eigenvalue weighted by Crippen LogP contribution is -2.27. The summed E-state index contributed by atoms with van der Waals surface area (Å²) in [6.07, 6.45) is 1.22. The Hall–Kier alpha value is -2.33. The maximum atomic E-state index is 12.2. The van der Waals surface area contributed by atoms with Gasteiger partial charge < -0.3 is 10.6 Å². The van der Waals surface area contributed by atoms with Crippen molar-refractivity contribution in [3.63, 3.8) is 0 Å². The largest absolute Gasteiger partial charge is 0.352 e. The predicted molar refractivity (Wildman–Crippen MR) is 102 cm³/mol. The molecular weight excluding hydrogens is 336 g/mol. The molecule has 2 N–H and O–H groups in total. The number of carbonyl (C=O) groups excluding carboxylic acids is 2. The van der Waals surface area contributed by atoms with Gasteiger partial charge in [-0.15, -0.1) is 0 Å². The molecule has 0 saturated carbocycles. The van der Waals surface area contributed by atoms with E-state index < -0.39 is 0 Å². The van der Waals surface area contributed by atoms with Crippen molar-refractivity contribution < 1.29 is 9.59 Å². The smallest absolute Gasteiger partial charge is 0.251 e. The lowest BCUT2D eigenvalue weighted by atomic mass is 9.97. The van der Waals surface area contributed by atoms with Crippen LogP contribution in [0, 0.1) is 0 Å². The third kappa shape index (κ3) is 5.61. The topological polar surface area (TPSA) is 58.2 Å². The highest BCUT2D eigenvalue weighted by Gasteiger charge is 2.11. The first-order valence-corrected chi connectivity index (χ1v) is 8.81. The molecule has 0 spiro atoms. The van der Waals surface area contributed by atoms with Gasteiger partial charge in [0.25, 0.3) is 5.91 Å². The standard InChI is InChI=1S/C20H23ClN2O2/c1-3-14(2)17-6-4-5-7-18(17)23-19(24)12-13-22-20(25)15-8-10-16(21)11-9-15/h4-11,14H,3,12-13H2,1-2H3,(H,22,25)(H,23,24)/t14-/m1/s1. The Morgan fingerprint density at radius 2 is 1.76 bits per heavy atom. The van der Waals surface area contributed by atoms with Gasteiger partial charge >= 0.3 is 0 Å². The lowest BCUT2D eigenvalue weighted by molar-refractivity contribution is -0.116. The minimum absolute atomic E-state index is 0.118. The number of benzene rings is 2. The molecular formula is C20H23ClN2O2. The predicted octanol–water partition coefficient (Wildman–Crippen LogP) is 4.61. The van der Waals surface area contributed by atoms with Crippen molar-refractivity contribution in [3.8, 4) is 0 Å². The van der Waals surface area contributed by atoms with Crippen LogP contribution in [0.3, 0.4) is 0 Å². The second kappa shape index (κ2) is 9.23. The van der Waals surface area contributed by atoms with Crippen LogP contribution in [-0.4, -0.2) is 18.4 Å². The summed E-state index contributed by atoms with van der Waals surface area (Å²) in [5, 5.41) is 6.26. The Morgan fingerprint density at radius 3 is 2.44 bits per heavy atom. The zero-order valence-corrected chi connectivity index (χ0v) is 15.3. The van der Waals surface area contributed by atoms with Crippen molar-refractivity contribution >= 4 is 29.1 Å². The van der Waals surface area contributed by atoms with E-state index in [1.165, 1.54) is 0 Å². The van der Waals surface area contributed by atoms with E-state index >= 15 is 0 Å². The van der Waals surface area contributed by atoms with Crippen LogP contribution in [-0.2, 0) is 4.79 Å². The highest BCUT2D eigenvalue weighted by Crippen LogP contribution is 2.26. The van der Waals surface area contributed by atoms with Crippen LogP contribution in [0.5, 0.6) is 0 Å². The average molecular weight is 359 g/mol. The zero-order chi connectivity index (χ0) is 18.2. The Kier molecular flexibility index (Phi) is 7.02. The molecule has 0 saturated heterocycles. The number of hydrogen-bond donors (Lipinski definition) is 2. The van der Waals surface area contributed by atoms with Gasteiger partial charge in [-0.1, -0.05) is 43.6 Å². The Bertz CT molecular complexity index is 729. The van der Waals surface area contributed by atoms with Crippen LogP contribution in [0.2, 0.25) is 5.02 Å². The van der Waals surface area contributed by atoms with Gasteiger partial charge in [-0.3, -0.25) is 9.59 Å². The molecule has 1 atom stereocenters. The fourth-order valence-electron chi connectivity index (χ4n) is 2.47. The summed E-state index contributed by atoms with van der Waals surface area (Å²) in [6.45, 7) is 4.53. The average Bonchev–Trinajstić information content (AvgIpc) is 2.62. The zero-order valence-electron chi connectivity index (χ0n) is 14.5. The van der Waals surface area contributed by atoms with E-state index in [0.717, 1.165) is 17.7 Å². The maximum absolute atomic E-state index is 12.2.